The summed E-state index contributed by atoms with van der Waals surface area (Å²) >= 11 is 0. The fourth-order valence-electron chi connectivity index (χ4n) is 3.73. The van der Waals surface area contributed by atoms with Gasteiger partial charge in [0.25, 0.3) is 0 Å². The van der Waals surface area contributed by atoms with Crippen LogP contribution in [0.3, 0.4) is 0 Å². The van der Waals surface area contributed by atoms with Crippen LogP contribution in [-0.4, -0.2) is 34.5 Å². The van der Waals surface area contributed by atoms with E-state index in [2.05, 4.69) is 10.3 Å². The maximum Gasteiger partial charge on any atom is 0.419 e. The highest BCUT2D eigenvalue weighted by atomic mass is 16.4. The largest absolute Gasteiger partial charge is 0.419 e. The number of pyridine rings is 1. The molecule has 0 saturated carbocycles. The van der Waals surface area contributed by atoms with Crippen molar-refractivity contribution in [2.24, 2.45) is 11.7 Å². The number of aryl methyl sites for hydroxylation is 1. The number of anilines is 2. The molecule has 2 amide bonds. The molecule has 0 spiro atoms. The van der Waals surface area contributed by atoms with Gasteiger partial charge in [-0.25, -0.2) is 9.78 Å². The summed E-state index contributed by atoms with van der Waals surface area (Å²) in [4.78, 5) is 42.2. The van der Waals surface area contributed by atoms with Gasteiger partial charge in [0.15, 0.2) is 5.58 Å². The van der Waals surface area contributed by atoms with E-state index in [4.69, 9.17) is 10.2 Å². The number of fused-ring (bicyclic) bond motifs is 1. The summed E-state index contributed by atoms with van der Waals surface area (Å²) in [6.45, 7) is 1.59. The van der Waals surface area contributed by atoms with Crippen LogP contribution in [0, 0.1) is 5.92 Å². The van der Waals surface area contributed by atoms with E-state index in [9.17, 15) is 14.4 Å². The molecule has 1 aliphatic rings. The molecule has 1 saturated heterocycles. The minimum absolute atomic E-state index is 0.123. The molecule has 4 rings (SSSR count). The van der Waals surface area contributed by atoms with E-state index in [0.29, 0.717) is 23.3 Å². The Morgan fingerprint density at radius 1 is 1.23 bits per heavy atom. The van der Waals surface area contributed by atoms with Gasteiger partial charge in [-0.15, -0.1) is 0 Å². The number of nitrogens with zero attached hydrogens (tertiary/aromatic N) is 3. The number of hydrogen-bond donors (Lipinski definition) is 2. The Morgan fingerprint density at radius 3 is 2.83 bits per heavy atom. The number of hydrogen-bond acceptors (Lipinski definition) is 6. The van der Waals surface area contributed by atoms with Gasteiger partial charge in [-0.3, -0.25) is 14.2 Å². The number of carbonyl (C=O) groups is 2. The van der Waals surface area contributed by atoms with Gasteiger partial charge in [-0.05, 0) is 37.1 Å². The first kappa shape index (κ1) is 19.7. The molecule has 2 aromatic heterocycles. The van der Waals surface area contributed by atoms with Crippen molar-refractivity contribution in [3.63, 3.8) is 0 Å². The molecule has 3 heterocycles. The summed E-state index contributed by atoms with van der Waals surface area (Å²) in [7, 11) is 0. The third-order valence-electron chi connectivity index (χ3n) is 5.32. The predicted octanol–water partition coefficient (Wildman–Crippen LogP) is 1.72. The summed E-state index contributed by atoms with van der Waals surface area (Å²) in [5, 5.41) is 2.79. The third kappa shape index (κ3) is 4.19. The summed E-state index contributed by atoms with van der Waals surface area (Å²) in [5.41, 5.74) is 7.16. The number of carbonyl (C=O) groups excluding carboxylic acids is 2. The van der Waals surface area contributed by atoms with Crippen LogP contribution in [-0.2, 0) is 16.1 Å². The topological polar surface area (TPSA) is 123 Å². The number of rotatable bonds is 6. The smallest absolute Gasteiger partial charge is 0.408 e. The molecule has 1 fully saturated rings. The summed E-state index contributed by atoms with van der Waals surface area (Å²) in [6, 6.07) is 10.7. The van der Waals surface area contributed by atoms with E-state index < -0.39 is 5.76 Å². The minimum atomic E-state index is -0.481. The lowest BCUT2D eigenvalue weighted by atomic mass is 9.97. The SMILES string of the molecule is NC(=O)C1CCCN(c2ccc(NC(=O)CCn3c(=O)oc4ccccc43)cn2)C1. The maximum absolute atomic E-state index is 12.3. The van der Waals surface area contributed by atoms with Gasteiger partial charge in [0.05, 0.1) is 23.3 Å². The molecular formula is C21H23N5O4. The van der Waals surface area contributed by atoms with E-state index in [-0.39, 0.29) is 30.7 Å². The molecule has 30 heavy (non-hydrogen) atoms. The van der Waals surface area contributed by atoms with Crippen molar-refractivity contribution < 1.29 is 14.0 Å². The highest BCUT2D eigenvalue weighted by Crippen LogP contribution is 2.22. The van der Waals surface area contributed by atoms with Crippen LogP contribution in [0.2, 0.25) is 0 Å². The predicted molar refractivity (Wildman–Crippen MR) is 112 cm³/mol. The van der Waals surface area contributed by atoms with Gasteiger partial charge in [0.2, 0.25) is 11.8 Å². The van der Waals surface area contributed by atoms with Crippen LogP contribution in [0.5, 0.6) is 0 Å². The molecule has 9 nitrogen and oxygen atoms in total. The fourth-order valence-corrected chi connectivity index (χ4v) is 3.73. The lowest BCUT2D eigenvalue weighted by Crippen LogP contribution is -2.41. The number of benzene rings is 1. The second-order valence-electron chi connectivity index (χ2n) is 7.38. The molecule has 3 N–H and O–H groups in total. The van der Waals surface area contributed by atoms with Crippen molar-refractivity contribution >= 4 is 34.4 Å². The summed E-state index contributed by atoms with van der Waals surface area (Å²) < 4.78 is 6.62. The Bertz CT molecular complexity index is 1120. The van der Waals surface area contributed by atoms with Crippen molar-refractivity contribution in [1.29, 1.82) is 0 Å². The first-order valence-electron chi connectivity index (χ1n) is 9.90. The number of aromatic nitrogens is 2. The van der Waals surface area contributed by atoms with Crippen LogP contribution in [0.25, 0.3) is 11.1 Å². The Morgan fingerprint density at radius 2 is 2.07 bits per heavy atom. The first-order valence-corrected chi connectivity index (χ1v) is 9.90. The van der Waals surface area contributed by atoms with Gasteiger partial charge in [-0.2, -0.15) is 0 Å². The summed E-state index contributed by atoms with van der Waals surface area (Å²) in [5.74, 6) is -0.412. The first-order chi connectivity index (χ1) is 14.5. The number of oxazole rings is 1. The van der Waals surface area contributed by atoms with Gasteiger partial charge in [-0.1, -0.05) is 12.1 Å². The molecular weight excluding hydrogens is 386 g/mol. The second-order valence-corrected chi connectivity index (χ2v) is 7.38. The molecule has 3 aromatic rings. The number of para-hydroxylation sites is 2. The maximum atomic E-state index is 12.3. The third-order valence-corrected chi connectivity index (χ3v) is 5.32. The molecule has 0 bridgehead atoms. The molecule has 0 radical (unpaired) electrons. The normalized spacial score (nSPS) is 16.5. The average Bonchev–Trinajstić information content (AvgIpc) is 3.08. The molecule has 1 atom stereocenters. The van der Waals surface area contributed by atoms with Crippen LogP contribution >= 0.6 is 0 Å². The van der Waals surface area contributed by atoms with Gasteiger partial charge < -0.3 is 20.4 Å². The number of nitrogens with one attached hydrogen (secondary N) is 1. The number of nitrogens with two attached hydrogens (primary N) is 1. The van der Waals surface area contributed by atoms with Crippen LogP contribution in [0.15, 0.2) is 51.8 Å². The highest BCUT2D eigenvalue weighted by molar-refractivity contribution is 5.90. The number of amides is 2. The Hall–Kier alpha value is -3.62. The molecule has 1 aliphatic heterocycles. The lowest BCUT2D eigenvalue weighted by Gasteiger charge is -2.32. The van der Waals surface area contributed by atoms with Gasteiger partial charge in [0, 0.05) is 26.1 Å². The second kappa shape index (κ2) is 8.40. The average molecular weight is 409 g/mol. The summed E-state index contributed by atoms with van der Waals surface area (Å²) in [6.07, 6.45) is 3.39. The van der Waals surface area contributed by atoms with Crippen LogP contribution in [0.1, 0.15) is 19.3 Å². The molecule has 9 heteroatoms. The van der Waals surface area contributed by atoms with E-state index in [1.165, 1.54) is 4.57 Å². The standard InChI is InChI=1S/C21H23N5O4/c22-20(28)14-4-3-10-25(13-14)18-8-7-15(12-23-18)24-19(27)9-11-26-16-5-1-2-6-17(16)30-21(26)29/h1-2,5-8,12,14H,3-4,9-11,13H2,(H2,22,28)(H,24,27). The molecule has 1 aromatic carbocycles. The van der Waals surface area contributed by atoms with Crippen molar-refractivity contribution in [1.82, 2.24) is 9.55 Å². The van der Waals surface area contributed by atoms with Gasteiger partial charge in [0.1, 0.15) is 5.82 Å². The zero-order valence-electron chi connectivity index (χ0n) is 16.4. The van der Waals surface area contributed by atoms with Crippen molar-refractivity contribution in [2.45, 2.75) is 25.8 Å². The van der Waals surface area contributed by atoms with Crippen LogP contribution < -0.4 is 21.7 Å². The van der Waals surface area contributed by atoms with Crippen LogP contribution in [0.4, 0.5) is 11.5 Å². The molecule has 156 valence electrons. The van der Waals surface area contributed by atoms with Crippen molar-refractivity contribution in [3.8, 4) is 0 Å². The Kier molecular flexibility index (Phi) is 5.51. The monoisotopic (exact) mass is 409 g/mol. The van der Waals surface area contributed by atoms with Crippen molar-refractivity contribution in [2.75, 3.05) is 23.3 Å². The molecule has 0 aliphatic carbocycles. The quantitative estimate of drug-likeness (QED) is 0.639. The van der Waals surface area contributed by atoms with E-state index in [0.717, 1.165) is 25.2 Å². The minimum Gasteiger partial charge on any atom is -0.408 e. The Labute approximate surface area is 172 Å². The Balaban J connectivity index is 1.35. The van der Waals surface area contributed by atoms with E-state index in [1.54, 1.807) is 30.5 Å². The van der Waals surface area contributed by atoms with E-state index >= 15 is 0 Å². The lowest BCUT2D eigenvalue weighted by molar-refractivity contribution is -0.122. The number of piperidine rings is 1. The zero-order chi connectivity index (χ0) is 21.1. The zero-order valence-corrected chi connectivity index (χ0v) is 16.4. The number of primary amides is 1. The molecule has 1 unspecified atom stereocenters. The van der Waals surface area contributed by atoms with E-state index in [1.807, 2.05) is 17.0 Å². The van der Waals surface area contributed by atoms with Gasteiger partial charge >= 0.3 is 5.76 Å². The fraction of sp³-hybridized carbons (Fsp3) is 0.333. The van der Waals surface area contributed by atoms with Crippen molar-refractivity contribution in [3.05, 3.63) is 53.1 Å². The highest BCUT2D eigenvalue weighted by Gasteiger charge is 2.24.